The molecule has 0 aliphatic heterocycles. The van der Waals surface area contributed by atoms with Crippen molar-refractivity contribution in [2.24, 2.45) is 0 Å². The maximum absolute atomic E-state index is 10.7. The third kappa shape index (κ3) is 1.92. The van der Waals surface area contributed by atoms with Gasteiger partial charge in [0.25, 0.3) is 0 Å². The first kappa shape index (κ1) is 9.93. The molecule has 0 radical (unpaired) electrons. The highest BCUT2D eigenvalue weighted by Gasteiger charge is 2.09. The minimum atomic E-state index is -0.861. The molecule has 1 heterocycles. The molecular weight excluding hydrogens is 208 g/mol. The fourth-order valence-electron chi connectivity index (χ4n) is 1.45. The van der Waals surface area contributed by atoms with E-state index < -0.39 is 5.97 Å². The van der Waals surface area contributed by atoms with E-state index in [9.17, 15) is 4.79 Å². The molecule has 0 unspecified atom stereocenters. The monoisotopic (exact) mass is 218 g/mol. The van der Waals surface area contributed by atoms with Gasteiger partial charge in [0.2, 0.25) is 0 Å². The van der Waals surface area contributed by atoms with Gasteiger partial charge >= 0.3 is 5.97 Å². The van der Waals surface area contributed by atoms with Crippen molar-refractivity contribution in [3.63, 3.8) is 0 Å². The van der Waals surface area contributed by atoms with E-state index in [-0.39, 0.29) is 0 Å². The Kier molecular flexibility index (Phi) is 2.56. The zero-order valence-corrected chi connectivity index (χ0v) is 9.04. The maximum atomic E-state index is 10.7. The van der Waals surface area contributed by atoms with Crippen LogP contribution in [-0.4, -0.2) is 11.1 Å². The van der Waals surface area contributed by atoms with Crippen LogP contribution in [0.5, 0.6) is 0 Å². The Labute approximate surface area is 91.8 Å². The molecule has 1 N–H and O–H groups in total. The second-order valence-electron chi connectivity index (χ2n) is 3.28. The quantitative estimate of drug-likeness (QED) is 0.838. The van der Waals surface area contributed by atoms with Crippen molar-refractivity contribution in [1.82, 2.24) is 0 Å². The fraction of sp³-hybridized carbons (Fsp3) is 0.0833. The summed E-state index contributed by atoms with van der Waals surface area (Å²) >= 11 is 1.31. The summed E-state index contributed by atoms with van der Waals surface area (Å²) in [5.41, 5.74) is 2.27. The number of aryl methyl sites for hydroxylation is 1. The molecule has 1 aromatic heterocycles. The Morgan fingerprint density at radius 3 is 2.53 bits per heavy atom. The van der Waals surface area contributed by atoms with Gasteiger partial charge in [-0.15, -0.1) is 11.3 Å². The van der Waals surface area contributed by atoms with Gasteiger partial charge in [0, 0.05) is 4.88 Å². The average molecular weight is 218 g/mol. The molecule has 3 heteroatoms. The lowest BCUT2D eigenvalue weighted by Crippen LogP contribution is -1.89. The minimum absolute atomic E-state index is 0.383. The summed E-state index contributed by atoms with van der Waals surface area (Å²) in [4.78, 5) is 12.1. The summed E-state index contributed by atoms with van der Waals surface area (Å²) in [6.45, 7) is 2.02. The van der Waals surface area contributed by atoms with E-state index in [1.54, 1.807) is 6.07 Å². The summed E-state index contributed by atoms with van der Waals surface area (Å²) in [6.07, 6.45) is 0. The molecule has 2 aromatic rings. The molecule has 0 spiro atoms. The number of carbonyl (C=O) groups is 1. The van der Waals surface area contributed by atoms with Crippen LogP contribution in [0.2, 0.25) is 0 Å². The number of aromatic carboxylic acids is 1. The van der Waals surface area contributed by atoms with Gasteiger partial charge in [0.15, 0.2) is 0 Å². The first-order valence-electron chi connectivity index (χ1n) is 4.57. The van der Waals surface area contributed by atoms with Crippen LogP contribution in [0.25, 0.3) is 10.4 Å². The molecule has 0 aliphatic rings. The van der Waals surface area contributed by atoms with Gasteiger partial charge in [-0.05, 0) is 30.2 Å². The SMILES string of the molecule is Cc1ccccc1-c1ccc(C(=O)O)s1. The van der Waals surface area contributed by atoms with Crippen LogP contribution in [-0.2, 0) is 0 Å². The first-order valence-corrected chi connectivity index (χ1v) is 5.39. The summed E-state index contributed by atoms with van der Waals surface area (Å²) in [5, 5.41) is 8.82. The second kappa shape index (κ2) is 3.87. The van der Waals surface area contributed by atoms with Gasteiger partial charge in [-0.2, -0.15) is 0 Å². The Hall–Kier alpha value is -1.61. The van der Waals surface area contributed by atoms with Crippen molar-refractivity contribution in [3.8, 4) is 10.4 Å². The molecule has 0 fully saturated rings. The number of hydrogen-bond acceptors (Lipinski definition) is 2. The molecule has 76 valence electrons. The smallest absolute Gasteiger partial charge is 0.345 e. The van der Waals surface area contributed by atoms with Crippen molar-refractivity contribution >= 4 is 17.3 Å². The van der Waals surface area contributed by atoms with E-state index in [2.05, 4.69) is 0 Å². The van der Waals surface area contributed by atoms with E-state index in [0.29, 0.717) is 4.88 Å². The van der Waals surface area contributed by atoms with E-state index >= 15 is 0 Å². The molecule has 0 amide bonds. The second-order valence-corrected chi connectivity index (χ2v) is 4.37. The minimum Gasteiger partial charge on any atom is -0.477 e. The highest BCUT2D eigenvalue weighted by molar-refractivity contribution is 7.17. The third-order valence-corrected chi connectivity index (χ3v) is 3.33. The molecular formula is C12H10O2S. The van der Waals surface area contributed by atoms with E-state index in [4.69, 9.17) is 5.11 Å². The van der Waals surface area contributed by atoms with E-state index in [0.717, 1.165) is 16.0 Å². The molecule has 1 aromatic carbocycles. The number of thiophene rings is 1. The van der Waals surface area contributed by atoms with Crippen LogP contribution in [0.15, 0.2) is 36.4 Å². The highest BCUT2D eigenvalue weighted by Crippen LogP contribution is 2.30. The lowest BCUT2D eigenvalue weighted by Gasteiger charge is -2.00. The van der Waals surface area contributed by atoms with Crippen molar-refractivity contribution in [3.05, 3.63) is 46.8 Å². The number of carboxylic acid groups (broad SMARTS) is 1. The summed E-state index contributed by atoms with van der Waals surface area (Å²) in [6, 6.07) is 11.5. The van der Waals surface area contributed by atoms with Gasteiger partial charge in [-0.3, -0.25) is 0 Å². The zero-order chi connectivity index (χ0) is 10.8. The Balaban J connectivity index is 2.46. The van der Waals surface area contributed by atoms with Crippen molar-refractivity contribution in [1.29, 1.82) is 0 Å². The van der Waals surface area contributed by atoms with E-state index in [1.165, 1.54) is 11.3 Å². The number of carboxylic acids is 1. The molecule has 0 saturated carbocycles. The predicted molar refractivity (Wildman–Crippen MR) is 61.5 cm³/mol. The van der Waals surface area contributed by atoms with Crippen LogP contribution < -0.4 is 0 Å². The first-order chi connectivity index (χ1) is 7.18. The standard InChI is InChI=1S/C12H10O2S/c1-8-4-2-3-5-9(8)10-6-7-11(15-10)12(13)14/h2-7H,1H3,(H,13,14). The van der Waals surface area contributed by atoms with Crippen molar-refractivity contribution < 1.29 is 9.90 Å². The average Bonchev–Trinajstić information content (AvgIpc) is 2.67. The molecule has 0 saturated heterocycles. The van der Waals surface area contributed by atoms with E-state index in [1.807, 2.05) is 37.3 Å². The Bertz CT molecular complexity index is 500. The highest BCUT2D eigenvalue weighted by atomic mass is 32.1. The lowest BCUT2D eigenvalue weighted by molar-refractivity contribution is 0.0702. The third-order valence-electron chi connectivity index (χ3n) is 2.23. The molecule has 0 aliphatic carbocycles. The summed E-state index contributed by atoms with van der Waals surface area (Å²) < 4.78 is 0. The molecule has 2 nitrogen and oxygen atoms in total. The van der Waals surface area contributed by atoms with Gasteiger partial charge < -0.3 is 5.11 Å². The van der Waals surface area contributed by atoms with Gasteiger partial charge in [-0.25, -0.2) is 4.79 Å². The van der Waals surface area contributed by atoms with Crippen LogP contribution in [0, 0.1) is 6.92 Å². The van der Waals surface area contributed by atoms with Crippen molar-refractivity contribution in [2.75, 3.05) is 0 Å². The van der Waals surface area contributed by atoms with Crippen LogP contribution in [0.1, 0.15) is 15.2 Å². The molecule has 2 rings (SSSR count). The van der Waals surface area contributed by atoms with Crippen LogP contribution in [0.3, 0.4) is 0 Å². The molecule has 15 heavy (non-hydrogen) atoms. The Morgan fingerprint density at radius 2 is 1.93 bits per heavy atom. The van der Waals surface area contributed by atoms with Gasteiger partial charge in [-0.1, -0.05) is 24.3 Å². The number of rotatable bonds is 2. The fourth-order valence-corrected chi connectivity index (χ4v) is 2.38. The predicted octanol–water partition coefficient (Wildman–Crippen LogP) is 3.42. The number of hydrogen-bond donors (Lipinski definition) is 1. The number of benzene rings is 1. The van der Waals surface area contributed by atoms with Crippen molar-refractivity contribution in [2.45, 2.75) is 6.92 Å². The molecule has 0 bridgehead atoms. The summed E-state index contributed by atoms with van der Waals surface area (Å²) in [7, 11) is 0. The van der Waals surface area contributed by atoms with Crippen LogP contribution >= 0.6 is 11.3 Å². The van der Waals surface area contributed by atoms with Gasteiger partial charge in [0.05, 0.1) is 0 Å². The van der Waals surface area contributed by atoms with Gasteiger partial charge in [0.1, 0.15) is 4.88 Å². The normalized spacial score (nSPS) is 10.2. The maximum Gasteiger partial charge on any atom is 0.345 e. The zero-order valence-electron chi connectivity index (χ0n) is 8.23. The molecule has 0 atom stereocenters. The Morgan fingerprint density at radius 1 is 1.20 bits per heavy atom. The summed E-state index contributed by atoms with van der Waals surface area (Å²) in [5.74, 6) is -0.861. The topological polar surface area (TPSA) is 37.3 Å². The van der Waals surface area contributed by atoms with Crippen LogP contribution in [0.4, 0.5) is 0 Å². The lowest BCUT2D eigenvalue weighted by atomic mass is 10.1. The largest absolute Gasteiger partial charge is 0.477 e.